The molecule has 2 aromatic rings. The fraction of sp³-hybridized carbons (Fsp3) is 0.316. The van der Waals surface area contributed by atoms with Gasteiger partial charge in [-0.3, -0.25) is 4.79 Å². The van der Waals surface area contributed by atoms with E-state index in [0.717, 1.165) is 19.3 Å². The molecule has 1 N–H and O–H groups in total. The second kappa shape index (κ2) is 8.37. The molecule has 27 heavy (non-hydrogen) atoms. The SMILES string of the molecule is O=C(Cc1c(F)cccc1Cl)Nc1cccc(S(=O)(=O)N2CCCCC2)c1. The van der Waals surface area contributed by atoms with Crippen LogP contribution in [0.3, 0.4) is 0 Å². The smallest absolute Gasteiger partial charge is 0.243 e. The van der Waals surface area contributed by atoms with E-state index < -0.39 is 21.7 Å². The Morgan fingerprint density at radius 3 is 2.52 bits per heavy atom. The van der Waals surface area contributed by atoms with E-state index in [0.29, 0.717) is 18.8 Å². The molecule has 0 atom stereocenters. The minimum Gasteiger partial charge on any atom is -0.326 e. The van der Waals surface area contributed by atoms with Crippen molar-refractivity contribution in [3.8, 4) is 0 Å². The average Bonchev–Trinajstić information content (AvgIpc) is 2.66. The van der Waals surface area contributed by atoms with Crippen LogP contribution in [0.4, 0.5) is 10.1 Å². The van der Waals surface area contributed by atoms with Gasteiger partial charge in [0.2, 0.25) is 15.9 Å². The molecule has 144 valence electrons. The molecular weight excluding hydrogens is 391 g/mol. The molecule has 0 saturated carbocycles. The van der Waals surface area contributed by atoms with E-state index in [9.17, 15) is 17.6 Å². The number of anilines is 1. The summed E-state index contributed by atoms with van der Waals surface area (Å²) in [5, 5.41) is 2.79. The zero-order valence-electron chi connectivity index (χ0n) is 14.6. The summed E-state index contributed by atoms with van der Waals surface area (Å²) in [6.45, 7) is 1.01. The second-order valence-electron chi connectivity index (χ2n) is 6.42. The number of sulfonamides is 1. The Hall–Kier alpha value is -1.96. The van der Waals surface area contributed by atoms with Crippen LogP contribution >= 0.6 is 11.6 Å². The largest absolute Gasteiger partial charge is 0.326 e. The summed E-state index contributed by atoms with van der Waals surface area (Å²) in [5.74, 6) is -1.03. The number of halogens is 2. The van der Waals surface area contributed by atoms with Gasteiger partial charge in [0.25, 0.3) is 0 Å². The topological polar surface area (TPSA) is 66.5 Å². The number of carbonyl (C=O) groups excluding carboxylic acids is 1. The first kappa shape index (κ1) is 19.8. The van der Waals surface area contributed by atoms with Crippen LogP contribution in [0.5, 0.6) is 0 Å². The van der Waals surface area contributed by atoms with Crippen LogP contribution in [0.1, 0.15) is 24.8 Å². The number of hydrogen-bond acceptors (Lipinski definition) is 3. The predicted octanol–water partition coefficient (Wildman–Crippen LogP) is 3.83. The molecule has 0 spiro atoms. The number of piperidine rings is 1. The summed E-state index contributed by atoms with van der Waals surface area (Å²) >= 11 is 5.94. The molecule has 0 aliphatic carbocycles. The minimum absolute atomic E-state index is 0.105. The maximum atomic E-state index is 13.8. The molecule has 1 aliphatic rings. The van der Waals surface area contributed by atoms with Gasteiger partial charge in [-0.15, -0.1) is 0 Å². The quantitative estimate of drug-likeness (QED) is 0.814. The Morgan fingerprint density at radius 1 is 1.11 bits per heavy atom. The van der Waals surface area contributed by atoms with E-state index in [1.807, 2.05) is 0 Å². The summed E-state index contributed by atoms with van der Waals surface area (Å²) in [7, 11) is -3.59. The Kier molecular flexibility index (Phi) is 6.14. The highest BCUT2D eigenvalue weighted by molar-refractivity contribution is 7.89. The molecule has 1 saturated heterocycles. The van der Waals surface area contributed by atoms with Gasteiger partial charge < -0.3 is 5.32 Å². The third-order valence-electron chi connectivity index (χ3n) is 4.47. The Bertz CT molecular complexity index is 923. The average molecular weight is 411 g/mol. The van der Waals surface area contributed by atoms with Crippen LogP contribution in [0, 0.1) is 5.82 Å². The lowest BCUT2D eigenvalue weighted by Crippen LogP contribution is -2.35. The van der Waals surface area contributed by atoms with Crippen LogP contribution in [-0.2, 0) is 21.2 Å². The standard InChI is InChI=1S/C19H20ClFN2O3S/c20-17-8-5-9-18(21)16(17)13-19(24)22-14-6-4-7-15(12-14)27(25,26)23-10-2-1-3-11-23/h4-9,12H,1-3,10-11,13H2,(H,22,24). The minimum atomic E-state index is -3.59. The van der Waals surface area contributed by atoms with Gasteiger partial charge in [0.1, 0.15) is 5.82 Å². The highest BCUT2D eigenvalue weighted by Crippen LogP contribution is 2.24. The van der Waals surface area contributed by atoms with Gasteiger partial charge >= 0.3 is 0 Å². The molecule has 0 radical (unpaired) electrons. The summed E-state index contributed by atoms with van der Waals surface area (Å²) in [6.07, 6.45) is 2.48. The van der Waals surface area contributed by atoms with Crippen LogP contribution < -0.4 is 5.32 Å². The van der Waals surface area contributed by atoms with E-state index in [-0.39, 0.29) is 21.9 Å². The first-order valence-corrected chi connectivity index (χ1v) is 10.5. The van der Waals surface area contributed by atoms with Crippen LogP contribution in [0.15, 0.2) is 47.4 Å². The van der Waals surface area contributed by atoms with Gasteiger partial charge in [-0.25, -0.2) is 12.8 Å². The lowest BCUT2D eigenvalue weighted by atomic mass is 10.1. The van der Waals surface area contributed by atoms with E-state index >= 15 is 0 Å². The van der Waals surface area contributed by atoms with Crippen molar-refractivity contribution in [2.24, 2.45) is 0 Å². The van der Waals surface area contributed by atoms with Crippen LogP contribution in [0.25, 0.3) is 0 Å². The molecule has 0 aromatic heterocycles. The Balaban J connectivity index is 1.75. The number of amides is 1. The van der Waals surface area contributed by atoms with Crippen molar-refractivity contribution in [2.45, 2.75) is 30.6 Å². The molecule has 1 heterocycles. The molecule has 1 fully saturated rings. The molecule has 1 aliphatic heterocycles. The lowest BCUT2D eigenvalue weighted by Gasteiger charge is -2.26. The lowest BCUT2D eigenvalue weighted by molar-refractivity contribution is -0.115. The summed E-state index contributed by atoms with van der Waals surface area (Å²) < 4.78 is 40.8. The van der Waals surface area contributed by atoms with Crippen LogP contribution in [0.2, 0.25) is 5.02 Å². The first-order valence-electron chi connectivity index (χ1n) is 8.71. The summed E-state index contributed by atoms with van der Waals surface area (Å²) in [4.78, 5) is 12.4. The van der Waals surface area contributed by atoms with E-state index in [1.54, 1.807) is 12.1 Å². The van der Waals surface area contributed by atoms with Crippen molar-refractivity contribution in [1.82, 2.24) is 4.31 Å². The fourth-order valence-corrected chi connectivity index (χ4v) is 4.85. The highest BCUT2D eigenvalue weighted by Gasteiger charge is 2.26. The molecule has 5 nitrogen and oxygen atoms in total. The fourth-order valence-electron chi connectivity index (χ4n) is 3.06. The Morgan fingerprint density at radius 2 is 1.81 bits per heavy atom. The molecule has 2 aromatic carbocycles. The predicted molar refractivity (Wildman–Crippen MR) is 103 cm³/mol. The number of rotatable bonds is 5. The van der Waals surface area contributed by atoms with Crippen molar-refractivity contribution in [3.05, 3.63) is 58.9 Å². The normalized spacial score (nSPS) is 15.5. The molecule has 0 bridgehead atoms. The number of hydrogen-bond donors (Lipinski definition) is 1. The molecular formula is C19H20ClFN2O3S. The summed E-state index contributed by atoms with van der Waals surface area (Å²) in [6, 6.07) is 10.3. The van der Waals surface area contributed by atoms with Crippen LogP contribution in [-0.4, -0.2) is 31.7 Å². The number of nitrogens with zero attached hydrogens (tertiary/aromatic N) is 1. The number of benzene rings is 2. The van der Waals surface area contributed by atoms with E-state index in [4.69, 9.17) is 11.6 Å². The van der Waals surface area contributed by atoms with Gasteiger partial charge in [-0.05, 0) is 43.2 Å². The third kappa shape index (κ3) is 4.66. The number of carbonyl (C=O) groups is 1. The third-order valence-corrected chi connectivity index (χ3v) is 6.72. The van der Waals surface area contributed by atoms with E-state index in [1.165, 1.54) is 34.6 Å². The van der Waals surface area contributed by atoms with Gasteiger partial charge in [-0.2, -0.15) is 4.31 Å². The van der Waals surface area contributed by atoms with Crippen molar-refractivity contribution in [3.63, 3.8) is 0 Å². The maximum absolute atomic E-state index is 13.8. The Labute approximate surface area is 163 Å². The van der Waals surface area contributed by atoms with Gasteiger partial charge in [0, 0.05) is 29.4 Å². The van der Waals surface area contributed by atoms with Crippen molar-refractivity contribution in [2.75, 3.05) is 18.4 Å². The van der Waals surface area contributed by atoms with Crippen molar-refractivity contribution >= 4 is 33.2 Å². The zero-order valence-corrected chi connectivity index (χ0v) is 16.2. The molecule has 8 heteroatoms. The molecule has 3 rings (SSSR count). The summed E-state index contributed by atoms with van der Waals surface area (Å²) in [5.41, 5.74) is 0.444. The molecule has 1 amide bonds. The number of nitrogens with one attached hydrogen (secondary N) is 1. The second-order valence-corrected chi connectivity index (χ2v) is 8.76. The van der Waals surface area contributed by atoms with Crippen molar-refractivity contribution in [1.29, 1.82) is 0 Å². The monoisotopic (exact) mass is 410 g/mol. The first-order chi connectivity index (χ1) is 12.9. The van der Waals surface area contributed by atoms with Crippen molar-refractivity contribution < 1.29 is 17.6 Å². The molecule has 0 unspecified atom stereocenters. The van der Waals surface area contributed by atoms with Gasteiger partial charge in [0.15, 0.2) is 0 Å². The van der Waals surface area contributed by atoms with E-state index in [2.05, 4.69) is 5.32 Å². The maximum Gasteiger partial charge on any atom is 0.243 e. The highest BCUT2D eigenvalue weighted by atomic mass is 35.5. The van der Waals surface area contributed by atoms with Gasteiger partial charge in [0.05, 0.1) is 11.3 Å². The van der Waals surface area contributed by atoms with Gasteiger partial charge in [-0.1, -0.05) is 30.2 Å². The zero-order chi connectivity index (χ0) is 19.4.